The van der Waals surface area contributed by atoms with E-state index in [1.54, 1.807) is 0 Å². The Hall–Kier alpha value is -0.450. The molecule has 0 aromatic heterocycles. The number of likely N-dealkylation sites (N-methyl/N-ethyl adjacent to an activating group) is 1. The molecule has 0 unspecified atom stereocenters. The zero-order valence-corrected chi connectivity index (χ0v) is 11.0. The van der Waals surface area contributed by atoms with Crippen LogP contribution in [-0.2, 0) is 6.54 Å². The molecule has 0 aliphatic carbocycles. The highest BCUT2D eigenvalue weighted by Gasteiger charge is 2.15. The average Bonchev–Trinajstić information content (AvgIpc) is 2.25. The molecule has 1 fully saturated rings. The van der Waals surface area contributed by atoms with Crippen LogP contribution in [-0.4, -0.2) is 43.0 Å². The molecule has 0 bridgehead atoms. The van der Waals surface area contributed by atoms with Crippen molar-refractivity contribution in [2.45, 2.75) is 6.54 Å². The molecule has 2 nitrogen and oxygen atoms in total. The van der Waals surface area contributed by atoms with Gasteiger partial charge in [-0.1, -0.05) is 22.0 Å². The smallest absolute Gasteiger partial charge is 0.128 e. The van der Waals surface area contributed by atoms with Gasteiger partial charge in [0, 0.05) is 42.8 Å². The van der Waals surface area contributed by atoms with Crippen LogP contribution >= 0.6 is 15.9 Å². The monoisotopic (exact) mass is 286 g/mol. The van der Waals surface area contributed by atoms with Crippen molar-refractivity contribution in [3.63, 3.8) is 0 Å². The van der Waals surface area contributed by atoms with Crippen LogP contribution in [0.15, 0.2) is 22.7 Å². The predicted molar refractivity (Wildman–Crippen MR) is 66.9 cm³/mol. The van der Waals surface area contributed by atoms with Crippen molar-refractivity contribution >= 4 is 15.9 Å². The zero-order valence-electron chi connectivity index (χ0n) is 9.42. The average molecular weight is 287 g/mol. The van der Waals surface area contributed by atoms with Gasteiger partial charge in [0.15, 0.2) is 0 Å². The summed E-state index contributed by atoms with van der Waals surface area (Å²) in [7, 11) is 2.12. The molecule has 1 heterocycles. The van der Waals surface area contributed by atoms with Gasteiger partial charge in [-0.3, -0.25) is 4.90 Å². The molecular weight excluding hydrogens is 271 g/mol. The lowest BCUT2D eigenvalue weighted by atomic mass is 10.2. The largest absolute Gasteiger partial charge is 0.304 e. The van der Waals surface area contributed by atoms with E-state index in [0.29, 0.717) is 6.54 Å². The number of nitrogens with zero attached hydrogens (tertiary/aromatic N) is 2. The molecule has 2 rings (SSSR count). The summed E-state index contributed by atoms with van der Waals surface area (Å²) in [6, 6.07) is 5.29. The summed E-state index contributed by atoms with van der Waals surface area (Å²) in [5.41, 5.74) is 0.785. The predicted octanol–water partition coefficient (Wildman–Crippen LogP) is 2.34. The molecule has 0 N–H and O–H groups in total. The molecule has 1 aromatic carbocycles. The first-order valence-corrected chi connectivity index (χ1v) is 6.29. The van der Waals surface area contributed by atoms with E-state index in [1.807, 2.05) is 12.1 Å². The quantitative estimate of drug-likeness (QED) is 0.824. The Kier molecular flexibility index (Phi) is 3.95. The highest BCUT2D eigenvalue weighted by molar-refractivity contribution is 9.10. The molecule has 0 atom stereocenters. The number of piperazine rings is 1. The number of halogens is 2. The lowest BCUT2D eigenvalue weighted by Crippen LogP contribution is -2.44. The third-order valence-corrected chi connectivity index (χ3v) is 3.50. The summed E-state index contributed by atoms with van der Waals surface area (Å²) >= 11 is 3.27. The Labute approximate surface area is 104 Å². The SMILES string of the molecule is CN1CCN(Cc2ccc(Br)cc2F)CC1. The van der Waals surface area contributed by atoms with Crippen LogP contribution in [0.1, 0.15) is 5.56 Å². The summed E-state index contributed by atoms with van der Waals surface area (Å²) in [5.74, 6) is -0.117. The standard InChI is InChI=1S/C12H16BrFN2/c1-15-4-6-16(7-5-15)9-10-2-3-11(13)8-12(10)14/h2-3,8H,4-7,9H2,1H3. The van der Waals surface area contributed by atoms with E-state index in [-0.39, 0.29) is 5.82 Å². The maximum absolute atomic E-state index is 13.6. The van der Waals surface area contributed by atoms with Crippen molar-refractivity contribution in [1.29, 1.82) is 0 Å². The normalized spacial score (nSPS) is 18.9. The number of hydrogen-bond donors (Lipinski definition) is 0. The van der Waals surface area contributed by atoms with Gasteiger partial charge in [-0.05, 0) is 19.2 Å². The Morgan fingerprint density at radius 3 is 2.56 bits per heavy atom. The van der Waals surface area contributed by atoms with Gasteiger partial charge in [0.2, 0.25) is 0 Å². The Morgan fingerprint density at radius 1 is 1.25 bits per heavy atom. The topological polar surface area (TPSA) is 6.48 Å². The second-order valence-corrected chi connectivity index (χ2v) is 5.23. The Balaban J connectivity index is 1.98. The molecule has 0 amide bonds. The zero-order chi connectivity index (χ0) is 11.5. The van der Waals surface area contributed by atoms with Crippen molar-refractivity contribution in [2.75, 3.05) is 33.2 Å². The molecule has 1 aliphatic rings. The van der Waals surface area contributed by atoms with Crippen LogP contribution in [0, 0.1) is 5.82 Å². The van der Waals surface area contributed by atoms with E-state index >= 15 is 0 Å². The van der Waals surface area contributed by atoms with Gasteiger partial charge in [0.05, 0.1) is 0 Å². The molecule has 1 aliphatic heterocycles. The van der Waals surface area contributed by atoms with Gasteiger partial charge in [-0.2, -0.15) is 0 Å². The lowest BCUT2D eigenvalue weighted by Gasteiger charge is -2.32. The lowest BCUT2D eigenvalue weighted by molar-refractivity contribution is 0.147. The molecule has 88 valence electrons. The maximum Gasteiger partial charge on any atom is 0.128 e. The summed E-state index contributed by atoms with van der Waals surface area (Å²) in [6.07, 6.45) is 0. The van der Waals surface area contributed by atoms with Crippen molar-refractivity contribution in [1.82, 2.24) is 9.80 Å². The van der Waals surface area contributed by atoms with Gasteiger partial charge >= 0.3 is 0 Å². The minimum atomic E-state index is -0.117. The van der Waals surface area contributed by atoms with Crippen molar-refractivity contribution in [3.8, 4) is 0 Å². The number of benzene rings is 1. The molecule has 0 spiro atoms. The Bertz CT molecular complexity index is 362. The highest BCUT2D eigenvalue weighted by Crippen LogP contribution is 2.17. The molecular formula is C12H16BrFN2. The van der Waals surface area contributed by atoms with E-state index < -0.39 is 0 Å². The summed E-state index contributed by atoms with van der Waals surface area (Å²) in [6.45, 7) is 4.89. The van der Waals surface area contributed by atoms with Gasteiger partial charge in [-0.15, -0.1) is 0 Å². The fraction of sp³-hybridized carbons (Fsp3) is 0.500. The number of hydrogen-bond acceptors (Lipinski definition) is 2. The van der Waals surface area contributed by atoms with E-state index in [1.165, 1.54) is 6.07 Å². The maximum atomic E-state index is 13.6. The molecule has 16 heavy (non-hydrogen) atoms. The van der Waals surface area contributed by atoms with Crippen LogP contribution in [0.2, 0.25) is 0 Å². The fourth-order valence-corrected chi connectivity index (χ4v) is 2.23. The van der Waals surface area contributed by atoms with Crippen molar-refractivity contribution in [3.05, 3.63) is 34.1 Å². The van der Waals surface area contributed by atoms with Crippen LogP contribution < -0.4 is 0 Å². The van der Waals surface area contributed by atoms with Crippen molar-refractivity contribution < 1.29 is 4.39 Å². The Morgan fingerprint density at radius 2 is 1.94 bits per heavy atom. The molecule has 1 aromatic rings. The second-order valence-electron chi connectivity index (χ2n) is 4.32. The first-order valence-electron chi connectivity index (χ1n) is 5.50. The van der Waals surface area contributed by atoms with Crippen LogP contribution in [0.25, 0.3) is 0 Å². The summed E-state index contributed by atoms with van der Waals surface area (Å²) < 4.78 is 14.4. The third kappa shape index (κ3) is 3.03. The first-order chi connectivity index (χ1) is 7.65. The third-order valence-electron chi connectivity index (χ3n) is 3.00. The van der Waals surface area contributed by atoms with Crippen LogP contribution in [0.3, 0.4) is 0 Å². The second kappa shape index (κ2) is 5.25. The molecule has 0 radical (unpaired) electrons. The summed E-state index contributed by atoms with van der Waals surface area (Å²) in [4.78, 5) is 4.60. The van der Waals surface area contributed by atoms with Crippen molar-refractivity contribution in [2.24, 2.45) is 0 Å². The highest BCUT2D eigenvalue weighted by atomic mass is 79.9. The van der Waals surface area contributed by atoms with Gasteiger partial charge in [-0.25, -0.2) is 4.39 Å². The van der Waals surface area contributed by atoms with E-state index in [0.717, 1.165) is 36.2 Å². The minimum Gasteiger partial charge on any atom is -0.304 e. The van der Waals surface area contributed by atoms with Gasteiger partial charge in [0.1, 0.15) is 5.82 Å². The molecule has 1 saturated heterocycles. The molecule has 0 saturated carbocycles. The minimum absolute atomic E-state index is 0.117. The van der Waals surface area contributed by atoms with Crippen LogP contribution in [0.4, 0.5) is 4.39 Å². The van der Waals surface area contributed by atoms with E-state index in [2.05, 4.69) is 32.8 Å². The van der Waals surface area contributed by atoms with Gasteiger partial charge < -0.3 is 4.90 Å². The van der Waals surface area contributed by atoms with E-state index in [9.17, 15) is 4.39 Å². The first kappa shape index (κ1) is 12.0. The molecule has 4 heteroatoms. The van der Waals surface area contributed by atoms with Gasteiger partial charge in [0.25, 0.3) is 0 Å². The van der Waals surface area contributed by atoms with E-state index in [4.69, 9.17) is 0 Å². The van der Waals surface area contributed by atoms with Crippen LogP contribution in [0.5, 0.6) is 0 Å². The number of rotatable bonds is 2. The summed E-state index contributed by atoms with van der Waals surface area (Å²) in [5, 5.41) is 0. The fourth-order valence-electron chi connectivity index (χ4n) is 1.90.